The van der Waals surface area contributed by atoms with Crippen LogP contribution in [0, 0.1) is 11.8 Å². The Morgan fingerprint density at radius 2 is 2.00 bits per heavy atom. The number of benzene rings is 1. The topological polar surface area (TPSA) is 115 Å². The Kier molecular flexibility index (Phi) is 6.20. The molecule has 36 heavy (non-hydrogen) atoms. The van der Waals surface area contributed by atoms with E-state index in [1.165, 1.54) is 9.13 Å². The number of hydroxylamine groups is 2. The lowest BCUT2D eigenvalue weighted by Gasteiger charge is -2.33. The van der Waals surface area contributed by atoms with Gasteiger partial charge in [-0.3, -0.25) is 28.8 Å². The van der Waals surface area contributed by atoms with Crippen molar-refractivity contribution in [2.24, 2.45) is 12.8 Å². The van der Waals surface area contributed by atoms with Gasteiger partial charge in [0.2, 0.25) is 5.95 Å². The molecule has 10 heteroatoms. The van der Waals surface area contributed by atoms with E-state index < -0.39 is 17.3 Å². The van der Waals surface area contributed by atoms with Crippen molar-refractivity contribution in [2.45, 2.75) is 51.9 Å². The van der Waals surface area contributed by atoms with Crippen LogP contribution >= 0.6 is 0 Å². The summed E-state index contributed by atoms with van der Waals surface area (Å²) >= 11 is 0. The molecule has 0 bridgehead atoms. The molecule has 2 atom stereocenters. The largest absolute Gasteiger partial charge is 0.341 e. The Bertz CT molecular complexity index is 1540. The molecule has 2 aliphatic rings. The van der Waals surface area contributed by atoms with Crippen LogP contribution in [0.3, 0.4) is 0 Å². The Morgan fingerprint density at radius 1 is 1.22 bits per heavy atom. The van der Waals surface area contributed by atoms with Crippen molar-refractivity contribution in [2.75, 3.05) is 18.0 Å². The molecular weight excluding hydrogens is 458 g/mol. The fourth-order valence-corrected chi connectivity index (χ4v) is 5.23. The Labute approximate surface area is 208 Å². The second-order valence-electron chi connectivity index (χ2n) is 9.48. The summed E-state index contributed by atoms with van der Waals surface area (Å²) in [6, 6.07) is 7.08. The summed E-state index contributed by atoms with van der Waals surface area (Å²) in [7, 11) is 1.62. The number of anilines is 1. The third kappa shape index (κ3) is 3.90. The number of aromatic nitrogens is 4. The number of aryl methyl sites for hydroxylation is 1. The van der Waals surface area contributed by atoms with E-state index in [1.807, 2.05) is 30.3 Å². The van der Waals surface area contributed by atoms with Gasteiger partial charge in [-0.25, -0.2) is 4.79 Å². The Morgan fingerprint density at radius 3 is 2.75 bits per heavy atom. The molecule has 2 aromatic heterocycles. The van der Waals surface area contributed by atoms with Gasteiger partial charge in [0.15, 0.2) is 11.2 Å². The number of imidazole rings is 1. The summed E-state index contributed by atoms with van der Waals surface area (Å²) in [5.41, 5.74) is 8.33. The number of allylic oxidation sites excluding steroid dienone is 1. The molecule has 1 fully saturated rings. The molecule has 3 N–H and O–H groups in total. The third-order valence-corrected chi connectivity index (χ3v) is 7.10. The molecule has 1 saturated heterocycles. The number of fused-ring (bicyclic) bond motifs is 2. The van der Waals surface area contributed by atoms with Crippen LogP contribution < -0.4 is 21.9 Å². The van der Waals surface area contributed by atoms with Gasteiger partial charge in [-0.15, -0.1) is 5.92 Å². The van der Waals surface area contributed by atoms with E-state index in [0.717, 1.165) is 35.6 Å². The summed E-state index contributed by atoms with van der Waals surface area (Å²) in [5, 5.41) is 12.0. The summed E-state index contributed by atoms with van der Waals surface area (Å²) < 4.78 is 4.38. The molecule has 2 aliphatic heterocycles. The molecule has 3 aromatic rings. The quantitative estimate of drug-likeness (QED) is 0.536. The second kappa shape index (κ2) is 9.33. The zero-order valence-electron chi connectivity index (χ0n) is 20.8. The van der Waals surface area contributed by atoms with E-state index in [4.69, 9.17) is 10.7 Å². The highest BCUT2D eigenvalue weighted by molar-refractivity contribution is 5.75. The van der Waals surface area contributed by atoms with Crippen molar-refractivity contribution in [3.8, 4) is 11.8 Å². The SMILES string of the molecule is CC#CCn1c(N2CCC[C@@H](N)C2)nc2c1c(=O)n(CC1c3ccccc3C=C(C)N1O)c(=O)n2C. The van der Waals surface area contributed by atoms with Crippen molar-refractivity contribution in [1.29, 1.82) is 0 Å². The van der Waals surface area contributed by atoms with E-state index in [1.54, 1.807) is 25.5 Å². The number of hydrogen-bond donors (Lipinski definition) is 2. The van der Waals surface area contributed by atoms with Gasteiger partial charge in [-0.1, -0.05) is 30.2 Å². The Balaban J connectivity index is 1.68. The van der Waals surface area contributed by atoms with Crippen LogP contribution in [0.4, 0.5) is 5.95 Å². The lowest BCUT2D eigenvalue weighted by molar-refractivity contribution is -0.100. The van der Waals surface area contributed by atoms with Crippen LogP contribution in [0.15, 0.2) is 39.6 Å². The monoisotopic (exact) mass is 489 g/mol. The summed E-state index contributed by atoms with van der Waals surface area (Å²) in [6.07, 6.45) is 3.74. The normalized spacial score (nSPS) is 19.6. The van der Waals surface area contributed by atoms with Gasteiger partial charge < -0.3 is 10.6 Å². The van der Waals surface area contributed by atoms with Crippen LogP contribution in [0.1, 0.15) is 43.9 Å². The molecule has 0 radical (unpaired) electrons. The third-order valence-electron chi connectivity index (χ3n) is 7.10. The first-order valence-electron chi connectivity index (χ1n) is 12.2. The molecule has 0 amide bonds. The zero-order valence-corrected chi connectivity index (χ0v) is 20.8. The van der Waals surface area contributed by atoms with E-state index in [0.29, 0.717) is 29.4 Å². The lowest BCUT2D eigenvalue weighted by atomic mass is 9.95. The summed E-state index contributed by atoms with van der Waals surface area (Å²) in [6.45, 7) is 5.17. The number of hydrogen-bond acceptors (Lipinski definition) is 7. The van der Waals surface area contributed by atoms with Crippen molar-refractivity contribution in [3.63, 3.8) is 0 Å². The second-order valence-corrected chi connectivity index (χ2v) is 9.48. The van der Waals surface area contributed by atoms with Crippen LogP contribution in [0.5, 0.6) is 0 Å². The van der Waals surface area contributed by atoms with E-state index in [-0.39, 0.29) is 19.1 Å². The minimum Gasteiger partial charge on any atom is -0.341 e. The number of nitrogens with two attached hydrogens (primary N) is 1. The molecule has 5 rings (SSSR count). The zero-order chi connectivity index (χ0) is 25.6. The maximum atomic E-state index is 13.9. The lowest BCUT2D eigenvalue weighted by Crippen LogP contribution is -2.44. The molecule has 188 valence electrons. The number of rotatable bonds is 4. The maximum absolute atomic E-state index is 13.9. The predicted octanol–water partition coefficient (Wildman–Crippen LogP) is 1.65. The van der Waals surface area contributed by atoms with Crippen LogP contribution in [0.25, 0.3) is 17.2 Å². The van der Waals surface area contributed by atoms with Gasteiger partial charge in [0.1, 0.15) is 0 Å². The molecule has 10 nitrogen and oxygen atoms in total. The average molecular weight is 490 g/mol. The first kappa shape index (κ1) is 23.9. The maximum Gasteiger partial charge on any atom is 0.332 e. The summed E-state index contributed by atoms with van der Waals surface area (Å²) in [4.78, 5) is 34.2. The standard InChI is InChI=1S/C26H31N7O3/c1-4-5-13-31-22-23(28-25(31)30-12-8-10-19(27)15-30)29(3)26(35)32(24(22)34)16-21-20-11-7-6-9-18(20)14-17(2)33(21)36/h6-7,9,11,14,19,21,36H,8,10,12-13,15-16,27H2,1-3H3/t19-,21?/m1/s1. The fourth-order valence-electron chi connectivity index (χ4n) is 5.23. The first-order valence-corrected chi connectivity index (χ1v) is 12.2. The van der Waals surface area contributed by atoms with Crippen molar-refractivity contribution >= 4 is 23.2 Å². The minimum absolute atomic E-state index is 0.0166. The van der Waals surface area contributed by atoms with E-state index in [2.05, 4.69) is 16.7 Å². The summed E-state index contributed by atoms with van der Waals surface area (Å²) in [5.74, 6) is 6.53. The van der Waals surface area contributed by atoms with Gasteiger partial charge >= 0.3 is 5.69 Å². The van der Waals surface area contributed by atoms with Gasteiger partial charge in [-0.05, 0) is 43.9 Å². The van der Waals surface area contributed by atoms with Crippen molar-refractivity contribution in [3.05, 3.63) is 61.9 Å². The van der Waals surface area contributed by atoms with Crippen LogP contribution in [0.2, 0.25) is 0 Å². The predicted molar refractivity (Wildman–Crippen MR) is 139 cm³/mol. The number of piperidine rings is 1. The molecular formula is C26H31N7O3. The first-order chi connectivity index (χ1) is 17.3. The van der Waals surface area contributed by atoms with E-state index in [9.17, 15) is 14.8 Å². The van der Waals surface area contributed by atoms with Gasteiger partial charge in [0, 0.05) is 31.9 Å². The van der Waals surface area contributed by atoms with Crippen LogP contribution in [-0.4, -0.2) is 48.1 Å². The van der Waals surface area contributed by atoms with Gasteiger partial charge in [-0.2, -0.15) is 4.98 Å². The molecule has 1 aromatic carbocycles. The van der Waals surface area contributed by atoms with Gasteiger partial charge in [0.05, 0.1) is 19.1 Å². The fraction of sp³-hybridized carbons (Fsp3) is 0.423. The Hall–Kier alpha value is -3.81. The van der Waals surface area contributed by atoms with E-state index >= 15 is 0 Å². The van der Waals surface area contributed by atoms with Gasteiger partial charge in [0.25, 0.3) is 5.56 Å². The highest BCUT2D eigenvalue weighted by atomic mass is 16.5. The van der Waals surface area contributed by atoms with Crippen molar-refractivity contribution in [1.82, 2.24) is 23.7 Å². The molecule has 0 saturated carbocycles. The smallest absolute Gasteiger partial charge is 0.332 e. The molecule has 4 heterocycles. The number of nitrogens with zero attached hydrogens (tertiary/aromatic N) is 6. The highest BCUT2D eigenvalue weighted by Crippen LogP contribution is 2.33. The average Bonchev–Trinajstić information content (AvgIpc) is 3.26. The van der Waals surface area contributed by atoms with Crippen LogP contribution in [-0.2, 0) is 20.1 Å². The van der Waals surface area contributed by atoms with Crippen molar-refractivity contribution < 1.29 is 5.21 Å². The molecule has 0 aliphatic carbocycles. The minimum atomic E-state index is -0.597. The molecule has 0 spiro atoms. The highest BCUT2D eigenvalue weighted by Gasteiger charge is 2.30. The molecule has 1 unspecified atom stereocenters.